The third kappa shape index (κ3) is 3.60. The van der Waals surface area contributed by atoms with E-state index in [9.17, 15) is 9.59 Å². The van der Waals surface area contributed by atoms with E-state index in [-0.39, 0.29) is 18.8 Å². The number of amides is 2. The van der Waals surface area contributed by atoms with Gasteiger partial charge in [0, 0.05) is 16.7 Å². The van der Waals surface area contributed by atoms with Gasteiger partial charge in [-0.15, -0.1) is 11.8 Å². The molecule has 0 saturated carbocycles. The Hall–Kier alpha value is -2.57. The molecule has 1 heterocycles. The van der Waals surface area contributed by atoms with Gasteiger partial charge in [-0.05, 0) is 35.6 Å². The number of benzene rings is 2. The Morgan fingerprint density at radius 1 is 1.08 bits per heavy atom. The number of rotatable bonds is 6. The lowest BCUT2D eigenvalue weighted by molar-refractivity contribution is -0.137. The van der Waals surface area contributed by atoms with Gasteiger partial charge in [-0.3, -0.25) is 14.5 Å². The van der Waals surface area contributed by atoms with Crippen LogP contribution >= 0.6 is 11.8 Å². The summed E-state index contributed by atoms with van der Waals surface area (Å²) in [5.41, 5.74) is 3.18. The first kappa shape index (κ1) is 17.3. The zero-order chi connectivity index (χ0) is 17.8. The molecule has 1 aliphatic rings. The molecule has 128 valence electrons. The first-order valence-corrected chi connectivity index (χ1v) is 9.05. The summed E-state index contributed by atoms with van der Waals surface area (Å²) in [6.45, 7) is -0.244. The summed E-state index contributed by atoms with van der Waals surface area (Å²) in [5, 5.41) is 11.9. The van der Waals surface area contributed by atoms with Crippen molar-refractivity contribution < 1.29 is 14.7 Å². The number of nitrogens with one attached hydrogen (secondary N) is 1. The van der Waals surface area contributed by atoms with Crippen molar-refractivity contribution in [3.05, 3.63) is 60.3 Å². The fraction of sp³-hybridized carbons (Fsp3) is 0.158. The summed E-state index contributed by atoms with van der Waals surface area (Å²) < 4.78 is 0. The van der Waals surface area contributed by atoms with E-state index in [2.05, 4.69) is 17.4 Å². The van der Waals surface area contributed by atoms with Gasteiger partial charge in [-0.1, -0.05) is 30.3 Å². The molecule has 2 aromatic carbocycles. The first-order chi connectivity index (χ1) is 12.1. The molecule has 0 fully saturated rings. The molecule has 0 radical (unpaired) electrons. The van der Waals surface area contributed by atoms with Crippen LogP contribution in [0.5, 0.6) is 0 Å². The van der Waals surface area contributed by atoms with Gasteiger partial charge in [0.05, 0.1) is 13.2 Å². The van der Waals surface area contributed by atoms with Crippen molar-refractivity contribution in [2.75, 3.05) is 24.7 Å². The van der Waals surface area contributed by atoms with E-state index < -0.39 is 11.8 Å². The van der Waals surface area contributed by atoms with Crippen LogP contribution in [0, 0.1) is 0 Å². The summed E-state index contributed by atoms with van der Waals surface area (Å²) in [4.78, 5) is 26.1. The number of carbonyl (C=O) groups is 2. The quantitative estimate of drug-likeness (QED) is 0.617. The molecule has 0 aliphatic carbocycles. The second kappa shape index (κ2) is 7.55. The summed E-state index contributed by atoms with van der Waals surface area (Å²) in [6.07, 6.45) is 3.30. The summed E-state index contributed by atoms with van der Waals surface area (Å²) >= 11 is 1.69. The number of aliphatic hydroxyl groups is 1. The van der Waals surface area contributed by atoms with E-state index in [1.165, 1.54) is 11.0 Å². The summed E-state index contributed by atoms with van der Waals surface area (Å²) in [6, 6.07) is 15.9. The number of β-amino-alcohol motifs (C(OH)–C–C–N with tert-alkyl or cyclic N) is 1. The Morgan fingerprint density at radius 3 is 2.48 bits per heavy atom. The molecule has 2 aromatic rings. The number of hydrogen-bond acceptors (Lipinski definition) is 5. The topological polar surface area (TPSA) is 69.6 Å². The number of anilines is 1. The molecule has 1 aliphatic heterocycles. The fourth-order valence-electron chi connectivity index (χ4n) is 2.68. The Labute approximate surface area is 150 Å². The number of aliphatic hydroxyl groups excluding tert-OH is 1. The van der Waals surface area contributed by atoms with Gasteiger partial charge < -0.3 is 10.4 Å². The predicted octanol–water partition coefficient (Wildman–Crippen LogP) is 2.73. The highest BCUT2D eigenvalue weighted by Gasteiger charge is 2.30. The molecular formula is C19H18N2O3S. The minimum Gasteiger partial charge on any atom is -0.395 e. The Morgan fingerprint density at radius 2 is 1.80 bits per heavy atom. The molecular weight excluding hydrogens is 336 g/mol. The van der Waals surface area contributed by atoms with Gasteiger partial charge in [0.2, 0.25) is 0 Å². The highest BCUT2D eigenvalue weighted by molar-refractivity contribution is 7.98. The standard InChI is InChI=1S/C19H18N2O3S/c1-25-17-5-3-2-4-15(17)13-6-8-14(9-7-13)20-16-12-18(23)21(10-11-22)19(16)24/h2-9,12,20,22H,10-11H2,1H3. The third-order valence-electron chi connectivity index (χ3n) is 3.91. The SMILES string of the molecule is CSc1ccccc1-c1ccc(NC2=CC(=O)N(CCO)C2=O)cc1. The van der Waals surface area contributed by atoms with Crippen molar-refractivity contribution in [1.82, 2.24) is 4.90 Å². The van der Waals surface area contributed by atoms with E-state index >= 15 is 0 Å². The second-order valence-corrected chi connectivity index (χ2v) is 6.33. The predicted molar refractivity (Wildman–Crippen MR) is 99.2 cm³/mol. The number of carbonyl (C=O) groups excluding carboxylic acids is 2. The van der Waals surface area contributed by atoms with Crippen molar-refractivity contribution in [3.63, 3.8) is 0 Å². The lowest BCUT2D eigenvalue weighted by Gasteiger charge is -2.13. The first-order valence-electron chi connectivity index (χ1n) is 7.83. The number of hydrogen-bond donors (Lipinski definition) is 2. The van der Waals surface area contributed by atoms with E-state index in [0.29, 0.717) is 0 Å². The van der Waals surface area contributed by atoms with Crippen LogP contribution in [0.4, 0.5) is 5.69 Å². The molecule has 0 atom stereocenters. The maximum atomic E-state index is 12.1. The Balaban J connectivity index is 1.77. The lowest BCUT2D eigenvalue weighted by atomic mass is 10.1. The van der Waals surface area contributed by atoms with Crippen LogP contribution in [-0.2, 0) is 9.59 Å². The minimum absolute atomic E-state index is 0.00372. The monoisotopic (exact) mass is 354 g/mol. The zero-order valence-corrected chi connectivity index (χ0v) is 14.5. The van der Waals surface area contributed by atoms with Crippen molar-refractivity contribution in [1.29, 1.82) is 0 Å². The zero-order valence-electron chi connectivity index (χ0n) is 13.7. The molecule has 3 rings (SSSR count). The maximum Gasteiger partial charge on any atom is 0.277 e. The average Bonchev–Trinajstić information content (AvgIpc) is 2.90. The number of imide groups is 1. The van der Waals surface area contributed by atoms with E-state index in [0.717, 1.165) is 21.7 Å². The summed E-state index contributed by atoms with van der Waals surface area (Å²) in [5.74, 6) is -0.831. The van der Waals surface area contributed by atoms with Crippen molar-refractivity contribution >= 4 is 29.3 Å². The van der Waals surface area contributed by atoms with Crippen LogP contribution < -0.4 is 5.32 Å². The Bertz CT molecular complexity index is 831. The van der Waals surface area contributed by atoms with Crippen LogP contribution in [0.1, 0.15) is 0 Å². The smallest absolute Gasteiger partial charge is 0.277 e. The molecule has 2 N–H and O–H groups in total. The lowest BCUT2D eigenvalue weighted by Crippen LogP contribution is -2.34. The largest absolute Gasteiger partial charge is 0.395 e. The number of nitrogens with zero attached hydrogens (tertiary/aromatic N) is 1. The van der Waals surface area contributed by atoms with Crippen molar-refractivity contribution in [2.45, 2.75) is 4.90 Å². The highest BCUT2D eigenvalue weighted by atomic mass is 32.2. The molecule has 25 heavy (non-hydrogen) atoms. The van der Waals surface area contributed by atoms with E-state index in [4.69, 9.17) is 5.11 Å². The average molecular weight is 354 g/mol. The van der Waals surface area contributed by atoms with Crippen LogP contribution in [0.15, 0.2) is 65.2 Å². The second-order valence-electron chi connectivity index (χ2n) is 5.48. The summed E-state index contributed by atoms with van der Waals surface area (Å²) in [7, 11) is 0. The molecule has 0 bridgehead atoms. The van der Waals surface area contributed by atoms with Crippen LogP contribution in [0.2, 0.25) is 0 Å². The van der Waals surface area contributed by atoms with Crippen molar-refractivity contribution in [3.8, 4) is 11.1 Å². The minimum atomic E-state index is -0.421. The Kier molecular flexibility index (Phi) is 5.21. The molecule has 0 unspecified atom stereocenters. The molecule has 0 saturated heterocycles. The highest BCUT2D eigenvalue weighted by Crippen LogP contribution is 2.31. The normalized spacial score (nSPS) is 14.0. The molecule has 6 heteroatoms. The van der Waals surface area contributed by atoms with E-state index in [1.54, 1.807) is 11.8 Å². The van der Waals surface area contributed by atoms with Gasteiger partial charge in [-0.2, -0.15) is 0 Å². The van der Waals surface area contributed by atoms with Gasteiger partial charge in [0.25, 0.3) is 11.8 Å². The van der Waals surface area contributed by atoms with Crippen LogP contribution in [-0.4, -0.2) is 41.2 Å². The van der Waals surface area contributed by atoms with E-state index in [1.807, 2.05) is 42.7 Å². The number of thioether (sulfide) groups is 1. The van der Waals surface area contributed by atoms with Gasteiger partial charge in [-0.25, -0.2) is 0 Å². The molecule has 2 amide bonds. The van der Waals surface area contributed by atoms with Crippen molar-refractivity contribution in [2.24, 2.45) is 0 Å². The molecule has 0 spiro atoms. The molecule has 0 aromatic heterocycles. The van der Waals surface area contributed by atoms with Gasteiger partial charge in [0.15, 0.2) is 0 Å². The fourth-order valence-corrected chi connectivity index (χ4v) is 3.30. The van der Waals surface area contributed by atoms with Crippen LogP contribution in [0.25, 0.3) is 11.1 Å². The van der Waals surface area contributed by atoms with Gasteiger partial charge in [0.1, 0.15) is 5.70 Å². The van der Waals surface area contributed by atoms with Gasteiger partial charge >= 0.3 is 0 Å². The van der Waals surface area contributed by atoms with Crippen LogP contribution in [0.3, 0.4) is 0 Å². The maximum absolute atomic E-state index is 12.1. The molecule has 5 nitrogen and oxygen atoms in total. The third-order valence-corrected chi connectivity index (χ3v) is 4.71.